The lowest BCUT2D eigenvalue weighted by molar-refractivity contribution is 0.294. The van der Waals surface area contributed by atoms with E-state index in [4.69, 9.17) is 4.74 Å². The first kappa shape index (κ1) is 16.0. The van der Waals surface area contributed by atoms with Crippen molar-refractivity contribution in [2.24, 2.45) is 7.05 Å². The molecule has 2 rings (SSSR count). The van der Waals surface area contributed by atoms with Gasteiger partial charge in [-0.2, -0.15) is 5.10 Å². The molecule has 0 amide bonds. The van der Waals surface area contributed by atoms with Crippen molar-refractivity contribution in [3.05, 3.63) is 45.7 Å². The summed E-state index contributed by atoms with van der Waals surface area (Å²) in [5.41, 5.74) is 3.33. The molecule has 1 aromatic carbocycles. The number of ether oxygens (including phenoxy) is 1. The fourth-order valence-corrected chi connectivity index (χ4v) is 2.62. The minimum absolute atomic E-state index is 0.477. The zero-order valence-electron chi connectivity index (χ0n) is 13.0. The molecule has 1 aromatic heterocycles. The molecule has 1 heterocycles. The molecule has 0 aliphatic heterocycles. The predicted molar refractivity (Wildman–Crippen MR) is 88.6 cm³/mol. The maximum Gasteiger partial charge on any atom is 0.131 e. The van der Waals surface area contributed by atoms with Crippen LogP contribution in [-0.4, -0.2) is 22.9 Å². The number of aryl methyl sites for hydroxylation is 2. The zero-order chi connectivity index (χ0) is 15.4. The summed E-state index contributed by atoms with van der Waals surface area (Å²) in [6, 6.07) is 8.76. The summed E-state index contributed by atoms with van der Waals surface area (Å²) in [5.74, 6) is 0.876. The molecule has 0 saturated carbocycles. The number of rotatable bonds is 6. The van der Waals surface area contributed by atoms with Crippen LogP contribution in [-0.2, 0) is 20.1 Å². The molecular weight excluding hydrogens is 330 g/mol. The Bertz CT molecular complexity index is 592. The Morgan fingerprint density at radius 2 is 2.00 bits per heavy atom. The number of aromatic nitrogens is 2. The molecule has 0 saturated heterocycles. The summed E-state index contributed by atoms with van der Waals surface area (Å²) in [5, 5.41) is 7.61. The van der Waals surface area contributed by atoms with Crippen LogP contribution in [0.25, 0.3) is 0 Å². The van der Waals surface area contributed by atoms with Gasteiger partial charge in [0.25, 0.3) is 0 Å². The highest BCUT2D eigenvalue weighted by molar-refractivity contribution is 9.10. The van der Waals surface area contributed by atoms with E-state index in [1.54, 1.807) is 0 Å². The third kappa shape index (κ3) is 4.08. The van der Waals surface area contributed by atoms with Crippen molar-refractivity contribution in [1.82, 2.24) is 15.1 Å². The lowest BCUT2D eigenvalue weighted by Gasteiger charge is -2.11. The van der Waals surface area contributed by atoms with Gasteiger partial charge in [-0.3, -0.25) is 4.68 Å². The third-order valence-corrected chi connectivity index (χ3v) is 4.63. The van der Waals surface area contributed by atoms with Gasteiger partial charge in [0, 0.05) is 13.1 Å². The minimum atomic E-state index is 0.477. The maximum absolute atomic E-state index is 5.85. The second-order valence-corrected chi connectivity index (χ2v) is 6.09. The van der Waals surface area contributed by atoms with Crippen LogP contribution in [0.15, 0.2) is 28.7 Å². The first-order valence-electron chi connectivity index (χ1n) is 7.08. The molecule has 0 spiro atoms. The number of halogens is 1. The molecule has 1 atom stereocenters. The molecule has 114 valence electrons. The number of nitrogens with one attached hydrogen (secondary N) is 1. The zero-order valence-corrected chi connectivity index (χ0v) is 14.6. The fraction of sp³-hybridized carbons (Fsp3) is 0.438. The number of likely N-dealkylation sites (N-methyl/N-ethyl adjacent to an activating group) is 1. The van der Waals surface area contributed by atoms with E-state index in [1.807, 2.05) is 37.8 Å². The minimum Gasteiger partial charge on any atom is -0.487 e. The highest BCUT2D eigenvalue weighted by Gasteiger charge is 2.11. The van der Waals surface area contributed by atoms with Crippen LogP contribution < -0.4 is 10.1 Å². The molecular formula is C16H22BrN3O. The van der Waals surface area contributed by atoms with Gasteiger partial charge in [0.1, 0.15) is 12.4 Å². The highest BCUT2D eigenvalue weighted by Crippen LogP contribution is 2.22. The van der Waals surface area contributed by atoms with Crippen LogP contribution in [0.4, 0.5) is 0 Å². The predicted octanol–water partition coefficient (Wildman–Crippen LogP) is 3.22. The van der Waals surface area contributed by atoms with Crippen LogP contribution >= 0.6 is 15.9 Å². The smallest absolute Gasteiger partial charge is 0.131 e. The molecule has 5 heteroatoms. The molecule has 4 nitrogen and oxygen atoms in total. The number of nitrogens with zero attached hydrogens (tertiary/aromatic N) is 2. The Labute approximate surface area is 134 Å². The molecule has 0 aliphatic carbocycles. The average molecular weight is 352 g/mol. The van der Waals surface area contributed by atoms with Crippen molar-refractivity contribution in [3.63, 3.8) is 0 Å². The van der Waals surface area contributed by atoms with Crippen molar-refractivity contribution in [3.8, 4) is 5.75 Å². The average Bonchev–Trinajstić information content (AvgIpc) is 2.71. The molecule has 2 aromatic rings. The molecule has 1 N–H and O–H groups in total. The number of hydrogen-bond donors (Lipinski definition) is 1. The van der Waals surface area contributed by atoms with Crippen LogP contribution in [0.2, 0.25) is 0 Å². The summed E-state index contributed by atoms with van der Waals surface area (Å²) in [4.78, 5) is 0. The molecule has 0 bridgehead atoms. The van der Waals surface area contributed by atoms with E-state index in [2.05, 4.69) is 45.4 Å². The summed E-state index contributed by atoms with van der Waals surface area (Å²) in [7, 11) is 3.91. The van der Waals surface area contributed by atoms with Gasteiger partial charge in [0.15, 0.2) is 0 Å². The summed E-state index contributed by atoms with van der Waals surface area (Å²) in [6.45, 7) is 4.65. The van der Waals surface area contributed by atoms with Gasteiger partial charge in [-0.05, 0) is 60.9 Å². The van der Waals surface area contributed by atoms with Crippen LogP contribution in [0.5, 0.6) is 5.75 Å². The van der Waals surface area contributed by atoms with Gasteiger partial charge >= 0.3 is 0 Å². The van der Waals surface area contributed by atoms with E-state index in [-0.39, 0.29) is 0 Å². The van der Waals surface area contributed by atoms with Gasteiger partial charge < -0.3 is 10.1 Å². The summed E-state index contributed by atoms with van der Waals surface area (Å²) < 4.78 is 8.71. The Morgan fingerprint density at radius 3 is 2.52 bits per heavy atom. The number of benzene rings is 1. The van der Waals surface area contributed by atoms with E-state index in [0.29, 0.717) is 12.6 Å². The van der Waals surface area contributed by atoms with Crippen molar-refractivity contribution in [2.45, 2.75) is 32.9 Å². The lowest BCUT2D eigenvalue weighted by Crippen LogP contribution is -2.23. The van der Waals surface area contributed by atoms with Gasteiger partial charge in [-0.25, -0.2) is 0 Å². The van der Waals surface area contributed by atoms with Crippen molar-refractivity contribution < 1.29 is 4.74 Å². The molecule has 0 radical (unpaired) electrons. The third-order valence-electron chi connectivity index (χ3n) is 3.60. The van der Waals surface area contributed by atoms with Gasteiger partial charge in [0.05, 0.1) is 15.9 Å². The van der Waals surface area contributed by atoms with E-state index in [9.17, 15) is 0 Å². The van der Waals surface area contributed by atoms with Gasteiger partial charge in [0.2, 0.25) is 0 Å². The van der Waals surface area contributed by atoms with E-state index in [1.165, 1.54) is 5.56 Å². The Kier molecular flexibility index (Phi) is 5.42. The Morgan fingerprint density at radius 1 is 1.33 bits per heavy atom. The van der Waals surface area contributed by atoms with Crippen molar-refractivity contribution >= 4 is 15.9 Å². The standard InChI is InChI=1S/C16H22BrN3O/c1-11(18-3)9-13-5-7-14(8-6-13)21-10-15-16(17)12(2)19-20(15)4/h5-8,11,18H,9-10H2,1-4H3. The second-order valence-electron chi connectivity index (χ2n) is 5.30. The molecule has 21 heavy (non-hydrogen) atoms. The quantitative estimate of drug-likeness (QED) is 0.868. The summed E-state index contributed by atoms with van der Waals surface area (Å²) in [6.07, 6.45) is 1.02. The van der Waals surface area contributed by atoms with Crippen molar-refractivity contribution in [2.75, 3.05) is 7.05 Å². The Hall–Kier alpha value is -1.33. The highest BCUT2D eigenvalue weighted by atomic mass is 79.9. The first-order chi connectivity index (χ1) is 10.0. The topological polar surface area (TPSA) is 39.1 Å². The van der Waals surface area contributed by atoms with E-state index in [0.717, 1.165) is 28.0 Å². The van der Waals surface area contributed by atoms with Crippen LogP contribution in [0, 0.1) is 6.92 Å². The van der Waals surface area contributed by atoms with E-state index < -0.39 is 0 Å². The maximum atomic E-state index is 5.85. The SMILES string of the molecule is CNC(C)Cc1ccc(OCc2c(Br)c(C)nn2C)cc1. The normalized spacial score (nSPS) is 12.4. The lowest BCUT2D eigenvalue weighted by atomic mass is 10.1. The second kappa shape index (κ2) is 7.09. The first-order valence-corrected chi connectivity index (χ1v) is 7.87. The molecule has 0 aliphatic rings. The monoisotopic (exact) mass is 351 g/mol. The summed E-state index contributed by atoms with van der Waals surface area (Å²) >= 11 is 3.55. The van der Waals surface area contributed by atoms with E-state index >= 15 is 0 Å². The van der Waals surface area contributed by atoms with Gasteiger partial charge in [-0.15, -0.1) is 0 Å². The largest absolute Gasteiger partial charge is 0.487 e. The fourth-order valence-electron chi connectivity index (χ4n) is 2.17. The van der Waals surface area contributed by atoms with Crippen LogP contribution in [0.1, 0.15) is 23.9 Å². The molecule has 0 fully saturated rings. The van der Waals surface area contributed by atoms with Gasteiger partial charge in [-0.1, -0.05) is 12.1 Å². The Balaban J connectivity index is 1.97. The number of hydrogen-bond acceptors (Lipinski definition) is 3. The van der Waals surface area contributed by atoms with Crippen molar-refractivity contribution in [1.29, 1.82) is 0 Å². The molecule has 1 unspecified atom stereocenters. The van der Waals surface area contributed by atoms with Crippen LogP contribution in [0.3, 0.4) is 0 Å².